The highest BCUT2D eigenvalue weighted by atomic mass is 14.6. The number of fused-ring (bicyclic) bond motifs is 1. The maximum Gasteiger partial charge on any atom is 0.0991 e. The van der Waals surface area contributed by atoms with Gasteiger partial charge < -0.3 is 0 Å². The summed E-state index contributed by atoms with van der Waals surface area (Å²) in [6.45, 7) is 3.87. The highest BCUT2D eigenvalue weighted by molar-refractivity contribution is 5.83. The summed E-state index contributed by atoms with van der Waals surface area (Å²) in [5.41, 5.74) is 2.43. The van der Waals surface area contributed by atoms with Crippen LogP contribution in [0.25, 0.3) is 10.9 Å². The largest absolute Gasteiger partial charge is 0.256 e. The van der Waals surface area contributed by atoms with E-state index in [1.807, 2.05) is 18.2 Å². The van der Waals surface area contributed by atoms with E-state index >= 15 is 0 Å². The fourth-order valence-electron chi connectivity index (χ4n) is 1.27. The fraction of sp³-hybridized carbons (Fsp3) is 0. The van der Waals surface area contributed by atoms with Crippen LogP contribution in [-0.2, 0) is 0 Å². The van der Waals surface area contributed by atoms with E-state index in [1.54, 1.807) is 12.3 Å². The van der Waals surface area contributed by atoms with Gasteiger partial charge in [0.25, 0.3) is 0 Å². The first-order valence-electron chi connectivity index (χ1n) is 3.92. The molecule has 0 spiro atoms. The summed E-state index contributed by atoms with van der Waals surface area (Å²) in [6, 6.07) is 9.33. The van der Waals surface area contributed by atoms with Gasteiger partial charge in [-0.05, 0) is 36.8 Å². The topological polar surface area (TPSA) is 36.7 Å². The van der Waals surface area contributed by atoms with Gasteiger partial charge in [-0.1, -0.05) is 0 Å². The smallest absolute Gasteiger partial charge is 0.0991 e. The molecule has 2 heteroatoms. The van der Waals surface area contributed by atoms with Gasteiger partial charge in [0.1, 0.15) is 0 Å². The van der Waals surface area contributed by atoms with Crippen LogP contribution in [0.3, 0.4) is 0 Å². The molecule has 13 heavy (non-hydrogen) atoms. The Labute approximate surface area is 76.5 Å². The van der Waals surface area contributed by atoms with Gasteiger partial charge in [0.05, 0.1) is 17.1 Å². The van der Waals surface area contributed by atoms with Gasteiger partial charge in [-0.3, -0.25) is 4.98 Å². The number of nitrogens with zero attached hydrogens (tertiary/aromatic N) is 2. The van der Waals surface area contributed by atoms with Crippen molar-refractivity contribution < 1.29 is 0 Å². The van der Waals surface area contributed by atoms with Crippen molar-refractivity contribution >= 4 is 10.9 Å². The SMILES string of the molecule is [CH2]c1ccnc2ccc(C#N)cc12. The second-order valence-corrected chi connectivity index (χ2v) is 2.81. The Morgan fingerprint density at radius 1 is 1.31 bits per heavy atom. The van der Waals surface area contributed by atoms with Gasteiger partial charge in [0, 0.05) is 11.6 Å². The highest BCUT2D eigenvalue weighted by Crippen LogP contribution is 2.16. The Morgan fingerprint density at radius 3 is 2.92 bits per heavy atom. The van der Waals surface area contributed by atoms with E-state index in [0.29, 0.717) is 5.56 Å². The molecule has 0 aliphatic heterocycles. The summed E-state index contributed by atoms with van der Waals surface area (Å²) in [6.07, 6.45) is 1.72. The van der Waals surface area contributed by atoms with Crippen molar-refractivity contribution in [2.75, 3.05) is 0 Å². The van der Waals surface area contributed by atoms with Crippen molar-refractivity contribution in [2.24, 2.45) is 0 Å². The van der Waals surface area contributed by atoms with Crippen LogP contribution >= 0.6 is 0 Å². The molecule has 1 aromatic carbocycles. The molecule has 0 bridgehead atoms. The van der Waals surface area contributed by atoms with Crippen molar-refractivity contribution in [3.63, 3.8) is 0 Å². The Kier molecular flexibility index (Phi) is 1.71. The van der Waals surface area contributed by atoms with Crippen LogP contribution in [0.15, 0.2) is 30.5 Å². The molecule has 2 aromatic rings. The molecule has 1 radical (unpaired) electrons. The van der Waals surface area contributed by atoms with E-state index in [1.165, 1.54) is 0 Å². The molecule has 1 heterocycles. The molecule has 1 aromatic heterocycles. The molecule has 0 fully saturated rings. The fourth-order valence-corrected chi connectivity index (χ4v) is 1.27. The predicted molar refractivity (Wildman–Crippen MR) is 50.9 cm³/mol. The van der Waals surface area contributed by atoms with Crippen molar-refractivity contribution in [3.8, 4) is 6.07 Å². The molecule has 0 aliphatic rings. The van der Waals surface area contributed by atoms with E-state index < -0.39 is 0 Å². The Hall–Kier alpha value is -1.88. The number of aromatic nitrogens is 1. The van der Waals surface area contributed by atoms with Gasteiger partial charge in [0.15, 0.2) is 0 Å². The standard InChI is InChI=1S/C11H7N2/c1-8-4-5-13-11-3-2-9(7-12)6-10(8)11/h2-6H,1H2. The summed E-state index contributed by atoms with van der Waals surface area (Å²) in [5.74, 6) is 0. The molecule has 2 rings (SSSR count). The minimum Gasteiger partial charge on any atom is -0.256 e. The molecule has 0 aliphatic carbocycles. The summed E-state index contributed by atoms with van der Waals surface area (Å²) in [5, 5.41) is 9.64. The van der Waals surface area contributed by atoms with Crippen LogP contribution in [0, 0.1) is 18.3 Å². The molecule has 0 saturated heterocycles. The molecule has 0 amide bonds. The number of benzene rings is 1. The molecule has 0 saturated carbocycles. The molecule has 0 atom stereocenters. The lowest BCUT2D eigenvalue weighted by Gasteiger charge is -1.99. The lowest BCUT2D eigenvalue weighted by atomic mass is 10.1. The summed E-state index contributed by atoms with van der Waals surface area (Å²) >= 11 is 0. The molecule has 61 valence electrons. The monoisotopic (exact) mass is 167 g/mol. The Balaban J connectivity index is 2.84. The minimum atomic E-state index is 0.644. The number of nitriles is 1. The molecule has 2 nitrogen and oxygen atoms in total. The van der Waals surface area contributed by atoms with Gasteiger partial charge in [0.2, 0.25) is 0 Å². The van der Waals surface area contributed by atoms with E-state index in [0.717, 1.165) is 16.5 Å². The lowest BCUT2D eigenvalue weighted by molar-refractivity contribution is 1.39. The van der Waals surface area contributed by atoms with Gasteiger partial charge in [-0.25, -0.2) is 0 Å². The number of pyridine rings is 1. The third kappa shape index (κ3) is 1.25. The van der Waals surface area contributed by atoms with Crippen molar-refractivity contribution in [1.82, 2.24) is 4.98 Å². The van der Waals surface area contributed by atoms with E-state index in [-0.39, 0.29) is 0 Å². The van der Waals surface area contributed by atoms with Crippen molar-refractivity contribution in [1.29, 1.82) is 5.26 Å². The van der Waals surface area contributed by atoms with Crippen LogP contribution in [0.1, 0.15) is 11.1 Å². The summed E-state index contributed by atoms with van der Waals surface area (Å²) in [4.78, 5) is 4.17. The Bertz CT molecular complexity index is 495. The average Bonchev–Trinajstić information content (AvgIpc) is 2.18. The van der Waals surface area contributed by atoms with Crippen molar-refractivity contribution in [3.05, 3.63) is 48.5 Å². The maximum absolute atomic E-state index is 8.70. The Morgan fingerprint density at radius 2 is 2.15 bits per heavy atom. The van der Waals surface area contributed by atoms with Crippen LogP contribution < -0.4 is 0 Å². The second kappa shape index (κ2) is 2.87. The van der Waals surface area contributed by atoms with E-state index in [2.05, 4.69) is 18.0 Å². The van der Waals surface area contributed by atoms with Crippen LogP contribution in [0.4, 0.5) is 0 Å². The molecule has 0 unspecified atom stereocenters. The normalized spacial score (nSPS) is 9.85. The first-order chi connectivity index (χ1) is 6.31. The first-order valence-corrected chi connectivity index (χ1v) is 3.92. The number of hydrogen-bond acceptors (Lipinski definition) is 2. The van der Waals surface area contributed by atoms with Crippen LogP contribution in [0.2, 0.25) is 0 Å². The lowest BCUT2D eigenvalue weighted by Crippen LogP contribution is -1.83. The molecular formula is C11H7N2. The second-order valence-electron chi connectivity index (χ2n) is 2.81. The predicted octanol–water partition coefficient (Wildman–Crippen LogP) is 2.29. The molecule has 0 N–H and O–H groups in total. The maximum atomic E-state index is 8.70. The molecular weight excluding hydrogens is 160 g/mol. The summed E-state index contributed by atoms with van der Waals surface area (Å²) < 4.78 is 0. The zero-order valence-electron chi connectivity index (χ0n) is 6.99. The highest BCUT2D eigenvalue weighted by Gasteiger charge is 1.98. The van der Waals surface area contributed by atoms with Gasteiger partial charge in [-0.15, -0.1) is 0 Å². The number of hydrogen-bond donors (Lipinski definition) is 0. The van der Waals surface area contributed by atoms with Crippen molar-refractivity contribution in [2.45, 2.75) is 0 Å². The zero-order chi connectivity index (χ0) is 9.26. The third-order valence-electron chi connectivity index (χ3n) is 1.96. The van der Waals surface area contributed by atoms with Gasteiger partial charge in [-0.2, -0.15) is 5.26 Å². The number of rotatable bonds is 0. The van der Waals surface area contributed by atoms with Gasteiger partial charge >= 0.3 is 0 Å². The van der Waals surface area contributed by atoms with E-state index in [4.69, 9.17) is 5.26 Å². The summed E-state index contributed by atoms with van der Waals surface area (Å²) in [7, 11) is 0. The minimum absolute atomic E-state index is 0.644. The van der Waals surface area contributed by atoms with E-state index in [9.17, 15) is 0 Å². The third-order valence-corrected chi connectivity index (χ3v) is 1.96. The first kappa shape index (κ1) is 7.75. The quantitative estimate of drug-likeness (QED) is 0.603. The van der Waals surface area contributed by atoms with Crippen LogP contribution in [0.5, 0.6) is 0 Å². The average molecular weight is 167 g/mol. The zero-order valence-corrected chi connectivity index (χ0v) is 6.99. The van der Waals surface area contributed by atoms with Crippen LogP contribution in [-0.4, -0.2) is 4.98 Å².